The summed E-state index contributed by atoms with van der Waals surface area (Å²) < 4.78 is 6.80. The van der Waals surface area contributed by atoms with Gasteiger partial charge in [0.1, 0.15) is 4.83 Å². The van der Waals surface area contributed by atoms with Crippen molar-refractivity contribution in [1.29, 1.82) is 0 Å². The number of benzene rings is 1. The number of thioether (sulfide) groups is 1. The summed E-state index contributed by atoms with van der Waals surface area (Å²) in [6.07, 6.45) is 3.03. The lowest BCUT2D eigenvalue weighted by atomic mass is 9.72. The molecule has 170 valence electrons. The summed E-state index contributed by atoms with van der Waals surface area (Å²) in [7, 11) is 0. The summed E-state index contributed by atoms with van der Waals surface area (Å²) in [6, 6.07) is 9.92. The van der Waals surface area contributed by atoms with Crippen LogP contribution >= 0.6 is 23.1 Å². The maximum absolute atomic E-state index is 13.7. The van der Waals surface area contributed by atoms with E-state index in [2.05, 4.69) is 20.8 Å². The summed E-state index contributed by atoms with van der Waals surface area (Å²) in [5.41, 5.74) is 2.46. The van der Waals surface area contributed by atoms with Crippen molar-refractivity contribution < 1.29 is 9.53 Å². The Hall–Kier alpha value is -2.12. The number of aromatic nitrogens is 2. The van der Waals surface area contributed by atoms with Gasteiger partial charge in [-0.05, 0) is 48.6 Å². The molecule has 0 saturated carbocycles. The Morgan fingerprint density at radius 1 is 1.28 bits per heavy atom. The molecule has 4 rings (SSSR count). The smallest absolute Gasteiger partial charge is 0.316 e. The van der Waals surface area contributed by atoms with E-state index in [4.69, 9.17) is 9.72 Å². The summed E-state index contributed by atoms with van der Waals surface area (Å²) in [4.78, 5) is 32.7. The first-order chi connectivity index (χ1) is 15.3. The lowest BCUT2D eigenvalue weighted by molar-refractivity contribution is -0.139. The minimum atomic E-state index is -0.295. The average molecular weight is 471 g/mol. The van der Waals surface area contributed by atoms with Gasteiger partial charge in [-0.15, -0.1) is 11.3 Å². The van der Waals surface area contributed by atoms with Crippen LogP contribution in [0.25, 0.3) is 10.2 Å². The van der Waals surface area contributed by atoms with Gasteiger partial charge in [0, 0.05) is 4.88 Å². The van der Waals surface area contributed by atoms with Crippen LogP contribution in [0.5, 0.6) is 0 Å². The van der Waals surface area contributed by atoms with Crippen molar-refractivity contribution in [2.24, 2.45) is 11.3 Å². The standard InChI is InChI=1S/C25H30N2O3S2/c1-5-30-20(28)15-31-24-26-22-21(23(29)27(24)14-16-9-7-6-8-10-16)18-12-11-17(25(2,3)4)13-19(18)32-22/h6-10,17H,5,11-15H2,1-4H3/t17-/m1/s1. The maximum atomic E-state index is 13.7. The van der Waals surface area contributed by atoms with Crippen molar-refractivity contribution in [2.45, 2.75) is 58.7 Å². The number of aryl methyl sites for hydroxylation is 1. The van der Waals surface area contributed by atoms with Crippen molar-refractivity contribution in [1.82, 2.24) is 9.55 Å². The van der Waals surface area contributed by atoms with Gasteiger partial charge in [-0.1, -0.05) is 62.9 Å². The zero-order valence-electron chi connectivity index (χ0n) is 19.1. The second-order valence-corrected chi connectivity index (χ2v) is 11.4. The van der Waals surface area contributed by atoms with Gasteiger partial charge >= 0.3 is 5.97 Å². The molecule has 1 aliphatic rings. The Labute approximate surface area is 197 Å². The molecule has 2 heterocycles. The Morgan fingerprint density at radius 3 is 2.72 bits per heavy atom. The van der Waals surface area contributed by atoms with E-state index in [0.29, 0.717) is 24.2 Å². The van der Waals surface area contributed by atoms with Gasteiger partial charge in [0.05, 0.1) is 24.3 Å². The van der Waals surface area contributed by atoms with Crippen LogP contribution in [-0.4, -0.2) is 27.9 Å². The van der Waals surface area contributed by atoms with E-state index in [9.17, 15) is 9.59 Å². The Bertz CT molecular complexity index is 1180. The van der Waals surface area contributed by atoms with Gasteiger partial charge in [0.25, 0.3) is 5.56 Å². The van der Waals surface area contributed by atoms with Crippen LogP contribution in [0, 0.1) is 11.3 Å². The van der Waals surface area contributed by atoms with Crippen molar-refractivity contribution in [3.8, 4) is 0 Å². The number of esters is 1. The third kappa shape index (κ3) is 4.79. The van der Waals surface area contributed by atoms with Crippen LogP contribution in [0.4, 0.5) is 0 Å². The number of hydrogen-bond acceptors (Lipinski definition) is 6. The first kappa shape index (κ1) is 23.1. The second-order valence-electron chi connectivity index (χ2n) is 9.35. The molecule has 0 radical (unpaired) electrons. The Morgan fingerprint density at radius 2 is 2.03 bits per heavy atom. The van der Waals surface area contributed by atoms with Gasteiger partial charge < -0.3 is 4.74 Å². The number of hydrogen-bond donors (Lipinski definition) is 0. The number of nitrogens with zero attached hydrogens (tertiary/aromatic N) is 2. The fourth-order valence-corrected chi connectivity index (χ4v) is 6.46. The molecule has 0 bridgehead atoms. The second kappa shape index (κ2) is 9.40. The minimum Gasteiger partial charge on any atom is -0.465 e. The lowest BCUT2D eigenvalue weighted by Crippen LogP contribution is -2.27. The van der Waals surface area contributed by atoms with Gasteiger partial charge in [-0.3, -0.25) is 14.2 Å². The Balaban J connectivity index is 1.77. The van der Waals surface area contributed by atoms with Crippen LogP contribution in [0.3, 0.4) is 0 Å². The summed E-state index contributed by atoms with van der Waals surface area (Å²) in [5.74, 6) is 0.446. The molecule has 0 unspecified atom stereocenters. The molecule has 0 saturated heterocycles. The Kier molecular flexibility index (Phi) is 6.77. The van der Waals surface area contributed by atoms with Crippen LogP contribution < -0.4 is 5.56 Å². The molecular weight excluding hydrogens is 440 g/mol. The third-order valence-electron chi connectivity index (χ3n) is 6.17. The van der Waals surface area contributed by atoms with E-state index in [1.165, 1.54) is 22.2 Å². The number of rotatable bonds is 6. The molecule has 2 aromatic heterocycles. The molecule has 32 heavy (non-hydrogen) atoms. The predicted molar refractivity (Wildman–Crippen MR) is 132 cm³/mol. The highest BCUT2D eigenvalue weighted by molar-refractivity contribution is 7.99. The molecule has 5 nitrogen and oxygen atoms in total. The van der Waals surface area contributed by atoms with Crippen LogP contribution in [0.1, 0.15) is 50.1 Å². The van der Waals surface area contributed by atoms with Crippen molar-refractivity contribution in [3.05, 3.63) is 56.7 Å². The van der Waals surface area contributed by atoms with E-state index in [1.807, 2.05) is 30.3 Å². The molecule has 0 spiro atoms. The largest absolute Gasteiger partial charge is 0.465 e. The zero-order valence-corrected chi connectivity index (χ0v) is 20.8. The molecule has 0 fully saturated rings. The summed E-state index contributed by atoms with van der Waals surface area (Å²) in [5, 5.41) is 1.35. The van der Waals surface area contributed by atoms with Crippen LogP contribution in [0.2, 0.25) is 0 Å². The molecule has 1 atom stereocenters. The maximum Gasteiger partial charge on any atom is 0.316 e. The fraction of sp³-hybridized carbons (Fsp3) is 0.480. The van der Waals surface area contributed by atoms with E-state index >= 15 is 0 Å². The molecule has 1 aliphatic carbocycles. The molecule has 0 amide bonds. The SMILES string of the molecule is CCOC(=O)CSc1nc2sc3c(c2c(=O)n1Cc1ccccc1)CC[C@@H](C(C)(C)C)C3. The van der Waals surface area contributed by atoms with Gasteiger partial charge in [-0.2, -0.15) is 0 Å². The van der Waals surface area contributed by atoms with Gasteiger partial charge in [-0.25, -0.2) is 4.98 Å². The summed E-state index contributed by atoms with van der Waals surface area (Å²) in [6.45, 7) is 9.46. The van der Waals surface area contributed by atoms with Gasteiger partial charge in [0.15, 0.2) is 5.16 Å². The average Bonchev–Trinajstić information content (AvgIpc) is 3.12. The van der Waals surface area contributed by atoms with Crippen LogP contribution in [-0.2, 0) is 28.9 Å². The molecular formula is C25H30N2O3S2. The van der Waals surface area contributed by atoms with Crippen molar-refractivity contribution >= 4 is 39.3 Å². The van der Waals surface area contributed by atoms with E-state index < -0.39 is 0 Å². The van der Waals surface area contributed by atoms with Crippen molar-refractivity contribution in [3.63, 3.8) is 0 Å². The number of thiophene rings is 1. The number of carbonyl (C=O) groups excluding carboxylic acids is 1. The monoisotopic (exact) mass is 470 g/mol. The minimum absolute atomic E-state index is 0.00285. The number of ether oxygens (including phenoxy) is 1. The third-order valence-corrected chi connectivity index (χ3v) is 8.26. The van der Waals surface area contributed by atoms with Gasteiger partial charge in [0.2, 0.25) is 0 Å². The molecule has 0 N–H and O–H groups in total. The first-order valence-electron chi connectivity index (χ1n) is 11.1. The zero-order chi connectivity index (χ0) is 22.9. The number of fused-ring (bicyclic) bond motifs is 3. The highest BCUT2D eigenvalue weighted by atomic mass is 32.2. The van der Waals surface area contributed by atoms with Crippen LogP contribution in [0.15, 0.2) is 40.3 Å². The normalized spacial score (nSPS) is 16.2. The quantitative estimate of drug-likeness (QED) is 0.277. The van der Waals surface area contributed by atoms with E-state index in [-0.39, 0.29) is 22.7 Å². The molecule has 0 aliphatic heterocycles. The topological polar surface area (TPSA) is 61.2 Å². The summed E-state index contributed by atoms with van der Waals surface area (Å²) >= 11 is 2.93. The fourth-order valence-electron chi connectivity index (χ4n) is 4.32. The predicted octanol–water partition coefficient (Wildman–Crippen LogP) is 5.31. The molecule has 3 aromatic rings. The van der Waals surface area contributed by atoms with E-state index in [1.54, 1.807) is 22.8 Å². The van der Waals surface area contributed by atoms with Crippen molar-refractivity contribution in [2.75, 3.05) is 12.4 Å². The van der Waals surface area contributed by atoms with E-state index in [0.717, 1.165) is 35.0 Å². The lowest BCUT2D eigenvalue weighted by Gasteiger charge is -2.33. The molecule has 1 aromatic carbocycles. The molecule has 7 heteroatoms. The number of carbonyl (C=O) groups is 1. The highest BCUT2D eigenvalue weighted by Crippen LogP contribution is 2.42. The first-order valence-corrected chi connectivity index (χ1v) is 13.0. The highest BCUT2D eigenvalue weighted by Gasteiger charge is 2.32.